The van der Waals surface area contributed by atoms with Crippen molar-refractivity contribution in [2.45, 2.75) is 148 Å². The zero-order valence-electron chi connectivity index (χ0n) is 56.8. The number of allylic oxidation sites excluding steroid dienone is 3. The summed E-state index contributed by atoms with van der Waals surface area (Å²) in [6, 6.07) is 6.80. The zero-order chi connectivity index (χ0) is 68.8. The first-order valence-corrected chi connectivity index (χ1v) is 39.8. The molecule has 23 nitrogen and oxygen atoms in total. The lowest BCUT2D eigenvalue weighted by Crippen LogP contribution is -2.53. The average Bonchev–Trinajstić information content (AvgIpc) is 0.951. The van der Waals surface area contributed by atoms with Crippen molar-refractivity contribution in [3.63, 3.8) is 0 Å². The third-order valence-corrected chi connectivity index (χ3v) is 24.3. The monoisotopic (exact) mass is 1440 g/mol. The van der Waals surface area contributed by atoms with Gasteiger partial charge in [-0.15, -0.1) is 0 Å². The molecule has 10 atom stereocenters. The Hall–Kier alpha value is -7.13. The number of anilines is 6. The predicted molar refractivity (Wildman–Crippen MR) is 389 cm³/mol. The predicted octanol–water partition coefficient (Wildman–Crippen LogP) is 8.63. The molecule has 1 amide bonds. The van der Waals surface area contributed by atoms with E-state index in [2.05, 4.69) is 136 Å². The first-order valence-electron chi connectivity index (χ1n) is 34.9. The van der Waals surface area contributed by atoms with Gasteiger partial charge in [-0.2, -0.15) is 0 Å². The van der Waals surface area contributed by atoms with E-state index in [4.69, 9.17) is 44.8 Å². The quantitative estimate of drug-likeness (QED) is 0.103. The van der Waals surface area contributed by atoms with E-state index in [1.165, 1.54) is 12.5 Å². The number of hydrogen-bond donors (Lipinski definition) is 3. The molecule has 6 aromatic heterocycles. The number of fused-ring (bicyclic) bond motifs is 10. The van der Waals surface area contributed by atoms with Crippen LogP contribution in [0.25, 0.3) is 18.2 Å². The van der Waals surface area contributed by atoms with Gasteiger partial charge in [-0.05, 0) is 101 Å². The highest BCUT2D eigenvalue weighted by Crippen LogP contribution is 2.46. The summed E-state index contributed by atoms with van der Waals surface area (Å²) in [5.41, 5.74) is 16.7. The largest absolute Gasteiger partial charge is 0.363 e. The summed E-state index contributed by atoms with van der Waals surface area (Å²) in [6.07, 6.45) is 31.4. The smallest absolute Gasteiger partial charge is 0.224 e. The molecule has 4 bridgehead atoms. The summed E-state index contributed by atoms with van der Waals surface area (Å²) in [7, 11) is -4.73. The molecule has 0 spiro atoms. The number of hydrogen-bond acceptors (Lipinski definition) is 20. The lowest BCUT2D eigenvalue weighted by molar-refractivity contribution is -0.124. The molecular formula is C71H85Cl3N18O5S2. The van der Waals surface area contributed by atoms with Gasteiger partial charge >= 0.3 is 0 Å². The van der Waals surface area contributed by atoms with Gasteiger partial charge < -0.3 is 34.7 Å². The summed E-state index contributed by atoms with van der Waals surface area (Å²) in [5.74, 6) is 4.23. The Morgan fingerprint density at radius 3 is 1.15 bits per heavy atom. The fourth-order valence-electron chi connectivity index (χ4n) is 17.8. The van der Waals surface area contributed by atoms with E-state index in [-0.39, 0.29) is 42.0 Å². The fraction of sp³-hybridized carbons (Fsp3) is 0.521. The van der Waals surface area contributed by atoms with E-state index in [1.807, 2.05) is 18.2 Å². The number of nitrogens with one attached hydrogen (secondary N) is 3. The molecule has 2 saturated carbocycles. The van der Waals surface area contributed by atoms with Crippen LogP contribution < -0.4 is 44.2 Å². The normalized spacial score (nSPS) is 26.0. The minimum absolute atomic E-state index is 0.00427. The Bertz CT molecular complexity index is 4280. The van der Waals surface area contributed by atoms with Gasteiger partial charge in [0.25, 0.3) is 0 Å². The summed E-state index contributed by atoms with van der Waals surface area (Å²) >= 11 is 19.2. The van der Waals surface area contributed by atoms with Crippen LogP contribution in [0.5, 0.6) is 0 Å². The number of sulfonamides is 2. The van der Waals surface area contributed by atoms with E-state index in [0.717, 1.165) is 212 Å². The van der Waals surface area contributed by atoms with Crippen LogP contribution in [-0.4, -0.2) is 157 Å². The Labute approximate surface area is 594 Å². The Balaban J connectivity index is 0.000000121. The van der Waals surface area contributed by atoms with Crippen LogP contribution in [0.4, 0.5) is 34.5 Å². The van der Waals surface area contributed by atoms with Crippen LogP contribution in [0.2, 0.25) is 15.5 Å². The molecule has 6 aromatic rings. The molecule has 522 valence electrons. The first kappa shape index (κ1) is 67.7. The molecule has 5 aliphatic carbocycles. The van der Waals surface area contributed by atoms with Gasteiger partial charge in [-0.1, -0.05) is 71.3 Å². The van der Waals surface area contributed by atoms with Crippen molar-refractivity contribution in [3.8, 4) is 0 Å². The van der Waals surface area contributed by atoms with Gasteiger partial charge in [0.05, 0.1) is 52.6 Å². The first-order chi connectivity index (χ1) is 47.6. The van der Waals surface area contributed by atoms with E-state index < -0.39 is 20.0 Å². The molecular weight excluding hydrogens is 1360 g/mol. The SMILES string of the molecule is CNC(=O)[C@@H]1CCCN(c2ncnc3c2CN(c2cc(Cl)nc4c2C=CC4)[C@H](C)C3)C1.C[C@@H]1Cc2ncnc(N3C[C@H]4CC[C@@H](C3)C4NS(C)(=O)=O)c2CN1c1cc(Cl)nc2c1C=CC2.C[C@@H]1Cc2ncnc(N3C[C@H]4CC[C@@H](C3)C4NS(C)(=O)=O)c2CN1c1cc(Cl)nc2c1C=CC2. The number of amides is 1. The second kappa shape index (κ2) is 27.3. The number of pyridine rings is 3. The van der Waals surface area contributed by atoms with E-state index in [1.54, 1.807) is 26.0 Å². The second-order valence-electron chi connectivity index (χ2n) is 28.9. The lowest BCUT2D eigenvalue weighted by Gasteiger charge is -2.42. The molecule has 0 radical (unpaired) electrons. The third-order valence-electron chi connectivity index (χ3n) is 22.4. The van der Waals surface area contributed by atoms with Crippen LogP contribution in [0.3, 0.4) is 0 Å². The molecule has 28 heteroatoms. The number of halogens is 3. The van der Waals surface area contributed by atoms with Gasteiger partial charge in [-0.3, -0.25) is 4.79 Å². The molecule has 6 aliphatic heterocycles. The Kier molecular flexibility index (Phi) is 18.7. The molecule has 12 heterocycles. The highest BCUT2D eigenvalue weighted by Gasteiger charge is 2.47. The van der Waals surface area contributed by atoms with Crippen molar-refractivity contribution in [3.05, 3.63) is 138 Å². The molecule has 3 N–H and O–H groups in total. The average molecular weight is 1440 g/mol. The minimum Gasteiger partial charge on any atom is -0.363 e. The van der Waals surface area contributed by atoms with E-state index in [0.29, 0.717) is 65.3 Å². The van der Waals surface area contributed by atoms with Crippen LogP contribution in [0, 0.1) is 29.6 Å². The molecule has 3 saturated heterocycles. The van der Waals surface area contributed by atoms with Crippen molar-refractivity contribution in [1.82, 2.24) is 59.6 Å². The standard InChI is InChI=1S/2C24H29ClN6O2S.C23H27ClN6O/c2*1-14-8-20-18(12-31(14)21-9-22(25)28-19-5-3-4-17(19)21)24(27-13-26-20)30-10-15-6-7-16(11-30)23(15)29-34(2,32)33;1-14-9-19-17(12-30(14)20-10-21(24)28-18-7-3-6-16(18)20)22(27-13-26-19)29-8-4-5-15(11-29)23(31)25-2/h2*3-4,9,13-16,23,29H,5-8,10-12H2,1-2H3;3,6,10,13-15H,4-5,7-9,11-12H2,1-2H3,(H,25,31)/t2*14-,15-,16+,23?;14-,15-/m111/s1. The number of carbonyl (C=O) groups is 1. The van der Waals surface area contributed by atoms with Crippen LogP contribution in [0.1, 0.15) is 127 Å². The van der Waals surface area contributed by atoms with Crippen molar-refractivity contribution >= 4 is 114 Å². The highest BCUT2D eigenvalue weighted by atomic mass is 35.5. The number of nitrogens with zero attached hydrogens (tertiary/aromatic N) is 15. The van der Waals surface area contributed by atoms with Crippen molar-refractivity contribution in [2.75, 3.05) is 88.2 Å². The van der Waals surface area contributed by atoms with Gasteiger partial charge in [-0.25, -0.2) is 71.1 Å². The highest BCUT2D eigenvalue weighted by molar-refractivity contribution is 7.89. The number of carbonyl (C=O) groups excluding carboxylic acids is 1. The molecule has 2 unspecified atom stereocenters. The second-order valence-corrected chi connectivity index (χ2v) is 33.7. The van der Waals surface area contributed by atoms with Crippen LogP contribution in [0.15, 0.2) is 55.4 Å². The zero-order valence-corrected chi connectivity index (χ0v) is 60.7. The third kappa shape index (κ3) is 13.7. The number of aromatic nitrogens is 9. The molecule has 0 aromatic carbocycles. The fourth-order valence-corrected chi connectivity index (χ4v) is 20.2. The maximum atomic E-state index is 12.2. The van der Waals surface area contributed by atoms with Crippen LogP contribution >= 0.6 is 34.8 Å². The molecule has 11 aliphatic rings. The maximum Gasteiger partial charge on any atom is 0.224 e. The summed E-state index contributed by atoms with van der Waals surface area (Å²) in [5, 5.41) is 4.38. The molecule has 99 heavy (non-hydrogen) atoms. The van der Waals surface area contributed by atoms with Gasteiger partial charge in [0.15, 0.2) is 0 Å². The topological polar surface area (TPSA) is 257 Å². The summed E-state index contributed by atoms with van der Waals surface area (Å²) < 4.78 is 53.4. The van der Waals surface area contributed by atoms with Gasteiger partial charge in [0, 0.05) is 185 Å². The minimum atomic E-state index is -3.22. The number of piperidine rings is 3. The Morgan fingerprint density at radius 1 is 0.475 bits per heavy atom. The van der Waals surface area contributed by atoms with E-state index >= 15 is 0 Å². The lowest BCUT2D eigenvalue weighted by atomic mass is 9.92. The maximum absolute atomic E-state index is 12.2. The molecule has 5 fully saturated rings. The van der Waals surface area contributed by atoms with E-state index in [9.17, 15) is 21.6 Å². The number of rotatable bonds is 11. The molecule has 17 rings (SSSR count). The van der Waals surface area contributed by atoms with Gasteiger partial charge in [0.1, 0.15) is 51.9 Å². The summed E-state index contributed by atoms with van der Waals surface area (Å²) in [6.45, 7) is 13.7. The van der Waals surface area contributed by atoms with Crippen molar-refractivity contribution < 1.29 is 21.6 Å². The van der Waals surface area contributed by atoms with Crippen LogP contribution in [-0.2, 0) is 83.0 Å². The van der Waals surface area contributed by atoms with Crippen molar-refractivity contribution in [2.24, 2.45) is 29.6 Å². The van der Waals surface area contributed by atoms with Crippen molar-refractivity contribution in [1.29, 1.82) is 0 Å². The van der Waals surface area contributed by atoms with Gasteiger partial charge in [0.2, 0.25) is 26.0 Å². The Morgan fingerprint density at radius 2 is 0.818 bits per heavy atom. The summed E-state index contributed by atoms with van der Waals surface area (Å²) in [4.78, 5) is 68.1.